The van der Waals surface area contributed by atoms with Gasteiger partial charge in [-0.3, -0.25) is 0 Å². The van der Waals surface area contributed by atoms with Crippen LogP contribution in [0, 0.1) is 0 Å². The second kappa shape index (κ2) is 6.76. The Morgan fingerprint density at radius 2 is 2.19 bits per heavy atom. The molecule has 0 aliphatic carbocycles. The van der Waals surface area contributed by atoms with Crippen LogP contribution in [0.1, 0.15) is 30.1 Å². The van der Waals surface area contributed by atoms with Crippen LogP contribution < -0.4 is 10.6 Å². The summed E-state index contributed by atoms with van der Waals surface area (Å²) < 4.78 is 5.03. The molecule has 0 radical (unpaired) electrons. The van der Waals surface area contributed by atoms with E-state index in [2.05, 4.69) is 21.8 Å². The van der Waals surface area contributed by atoms with Crippen molar-refractivity contribution >= 4 is 17.5 Å². The number of carbonyl (C=O) groups is 1. The van der Waals surface area contributed by atoms with Gasteiger partial charge in [0.15, 0.2) is 0 Å². The summed E-state index contributed by atoms with van der Waals surface area (Å²) in [4.78, 5) is 20.7. The molecule has 0 amide bonds. The highest BCUT2D eigenvalue weighted by molar-refractivity contribution is 5.95. The Kier molecular flexibility index (Phi) is 5.01. The smallest absolute Gasteiger partial charge is 0.340 e. The first kappa shape index (κ1) is 15.6. The summed E-state index contributed by atoms with van der Waals surface area (Å²) in [5.41, 5.74) is 6.57. The topological polar surface area (TPSA) is 71.7 Å². The van der Waals surface area contributed by atoms with Crippen molar-refractivity contribution in [3.63, 3.8) is 0 Å². The molecule has 2 rings (SSSR count). The third-order valence-electron chi connectivity index (χ3n) is 4.01. The molecule has 116 valence electrons. The number of carbonyl (C=O) groups excluding carboxylic acids is 1. The fraction of sp³-hybridized carbons (Fsp3) is 0.600. The largest absolute Gasteiger partial charge is 0.462 e. The Hall–Kier alpha value is -1.82. The molecular weight excluding hydrogens is 268 g/mol. The molecule has 21 heavy (non-hydrogen) atoms. The zero-order valence-corrected chi connectivity index (χ0v) is 13.0. The molecule has 2 N–H and O–H groups in total. The van der Waals surface area contributed by atoms with E-state index < -0.39 is 5.97 Å². The molecule has 0 unspecified atom stereocenters. The number of nitrogen functional groups attached to an aromatic ring is 1. The lowest BCUT2D eigenvalue weighted by Gasteiger charge is -2.35. The van der Waals surface area contributed by atoms with Crippen LogP contribution in [0.3, 0.4) is 0 Å². The normalized spacial score (nSPS) is 16.7. The standard InChI is InChI=1S/C15H24N4O2/c1-4-21-15(20)12-9-14(17-10-13(12)16)19(3)11-5-7-18(2)8-6-11/h9-11H,4-8,16H2,1-3H3. The van der Waals surface area contributed by atoms with Crippen LogP contribution in [-0.4, -0.2) is 55.7 Å². The predicted molar refractivity (Wildman–Crippen MR) is 83.5 cm³/mol. The zero-order valence-electron chi connectivity index (χ0n) is 13.0. The minimum Gasteiger partial charge on any atom is -0.462 e. The summed E-state index contributed by atoms with van der Waals surface area (Å²) in [6, 6.07) is 2.17. The summed E-state index contributed by atoms with van der Waals surface area (Å²) in [7, 11) is 4.15. The van der Waals surface area contributed by atoms with Gasteiger partial charge in [0, 0.05) is 13.1 Å². The summed E-state index contributed by atoms with van der Waals surface area (Å²) in [5.74, 6) is 0.372. The van der Waals surface area contributed by atoms with Crippen molar-refractivity contribution in [1.82, 2.24) is 9.88 Å². The van der Waals surface area contributed by atoms with Crippen LogP contribution >= 0.6 is 0 Å². The number of anilines is 2. The number of rotatable bonds is 4. The van der Waals surface area contributed by atoms with Crippen molar-refractivity contribution in [2.75, 3.05) is 44.4 Å². The molecular formula is C15H24N4O2. The van der Waals surface area contributed by atoms with Crippen LogP contribution in [0.15, 0.2) is 12.3 Å². The molecule has 0 bridgehead atoms. The molecule has 0 saturated carbocycles. The molecule has 1 aliphatic rings. The van der Waals surface area contributed by atoms with E-state index in [1.807, 2.05) is 7.05 Å². The second-order valence-corrected chi connectivity index (χ2v) is 5.50. The summed E-state index contributed by atoms with van der Waals surface area (Å²) in [5, 5.41) is 0. The number of nitrogens with two attached hydrogens (primary N) is 1. The minimum absolute atomic E-state index is 0.334. The van der Waals surface area contributed by atoms with Crippen molar-refractivity contribution in [3.05, 3.63) is 17.8 Å². The third-order valence-corrected chi connectivity index (χ3v) is 4.01. The minimum atomic E-state index is -0.393. The van der Waals surface area contributed by atoms with Gasteiger partial charge in [-0.1, -0.05) is 0 Å². The average molecular weight is 292 g/mol. The molecule has 1 aliphatic heterocycles. The highest BCUT2D eigenvalue weighted by atomic mass is 16.5. The number of hydrogen-bond acceptors (Lipinski definition) is 6. The Labute approximate surface area is 125 Å². The van der Waals surface area contributed by atoms with Crippen LogP contribution in [0.2, 0.25) is 0 Å². The highest BCUT2D eigenvalue weighted by Gasteiger charge is 2.23. The summed E-state index contributed by atoms with van der Waals surface area (Å²) >= 11 is 0. The van der Waals surface area contributed by atoms with Gasteiger partial charge in [0.25, 0.3) is 0 Å². The van der Waals surface area contributed by atoms with E-state index in [0.717, 1.165) is 31.7 Å². The first-order valence-electron chi connectivity index (χ1n) is 7.37. The van der Waals surface area contributed by atoms with Crippen molar-refractivity contribution in [3.8, 4) is 0 Å². The fourth-order valence-corrected chi connectivity index (χ4v) is 2.60. The third kappa shape index (κ3) is 3.64. The highest BCUT2D eigenvalue weighted by Crippen LogP contribution is 2.23. The van der Waals surface area contributed by atoms with Gasteiger partial charge in [0.1, 0.15) is 5.82 Å². The van der Waals surface area contributed by atoms with Crippen molar-refractivity contribution in [1.29, 1.82) is 0 Å². The summed E-state index contributed by atoms with van der Waals surface area (Å²) in [6.07, 6.45) is 3.72. The van der Waals surface area contributed by atoms with E-state index in [-0.39, 0.29) is 0 Å². The monoisotopic (exact) mass is 292 g/mol. The van der Waals surface area contributed by atoms with Gasteiger partial charge in [-0.15, -0.1) is 0 Å². The molecule has 2 heterocycles. The molecule has 1 fully saturated rings. The van der Waals surface area contributed by atoms with Gasteiger partial charge in [-0.05, 0) is 46.0 Å². The van der Waals surface area contributed by atoms with Crippen LogP contribution in [-0.2, 0) is 4.74 Å². The number of hydrogen-bond donors (Lipinski definition) is 1. The molecule has 0 spiro atoms. The number of ether oxygens (including phenoxy) is 1. The van der Waals surface area contributed by atoms with E-state index in [0.29, 0.717) is 23.9 Å². The number of aromatic nitrogens is 1. The van der Waals surface area contributed by atoms with Crippen LogP contribution in [0.25, 0.3) is 0 Å². The van der Waals surface area contributed by atoms with E-state index in [1.165, 1.54) is 6.20 Å². The van der Waals surface area contributed by atoms with E-state index in [4.69, 9.17) is 10.5 Å². The Morgan fingerprint density at radius 3 is 2.81 bits per heavy atom. The molecule has 1 saturated heterocycles. The second-order valence-electron chi connectivity index (χ2n) is 5.50. The van der Waals surface area contributed by atoms with E-state index in [9.17, 15) is 4.79 Å². The van der Waals surface area contributed by atoms with Crippen molar-refractivity contribution in [2.24, 2.45) is 0 Å². The van der Waals surface area contributed by atoms with Gasteiger partial charge < -0.3 is 20.3 Å². The number of piperidine rings is 1. The summed E-state index contributed by atoms with van der Waals surface area (Å²) in [6.45, 7) is 4.27. The van der Waals surface area contributed by atoms with Gasteiger partial charge >= 0.3 is 5.97 Å². The number of pyridine rings is 1. The predicted octanol–water partition coefficient (Wildman–Crippen LogP) is 1.37. The number of nitrogens with zero attached hydrogens (tertiary/aromatic N) is 3. The molecule has 1 aromatic rings. The lowest BCUT2D eigenvalue weighted by molar-refractivity contribution is 0.0527. The Morgan fingerprint density at radius 1 is 1.52 bits per heavy atom. The molecule has 0 atom stereocenters. The van der Waals surface area contributed by atoms with Crippen molar-refractivity contribution < 1.29 is 9.53 Å². The maximum Gasteiger partial charge on any atom is 0.340 e. The van der Waals surface area contributed by atoms with Gasteiger partial charge in [-0.25, -0.2) is 9.78 Å². The quantitative estimate of drug-likeness (QED) is 0.845. The lowest BCUT2D eigenvalue weighted by Crippen LogP contribution is -2.42. The fourth-order valence-electron chi connectivity index (χ4n) is 2.60. The van der Waals surface area contributed by atoms with Gasteiger partial charge in [0.2, 0.25) is 0 Å². The zero-order chi connectivity index (χ0) is 15.4. The van der Waals surface area contributed by atoms with E-state index >= 15 is 0 Å². The van der Waals surface area contributed by atoms with Gasteiger partial charge in [0.05, 0.1) is 24.1 Å². The van der Waals surface area contributed by atoms with Gasteiger partial charge in [-0.2, -0.15) is 0 Å². The average Bonchev–Trinajstić information content (AvgIpc) is 2.48. The SMILES string of the molecule is CCOC(=O)c1cc(N(C)C2CCN(C)CC2)ncc1N. The molecule has 1 aromatic heterocycles. The lowest BCUT2D eigenvalue weighted by atomic mass is 10.0. The molecule has 6 nitrogen and oxygen atoms in total. The van der Waals surface area contributed by atoms with Crippen LogP contribution in [0.4, 0.5) is 11.5 Å². The Bertz CT molecular complexity index is 498. The maximum absolute atomic E-state index is 11.9. The van der Waals surface area contributed by atoms with Crippen molar-refractivity contribution in [2.45, 2.75) is 25.8 Å². The maximum atomic E-state index is 11.9. The first-order chi connectivity index (χ1) is 10.0. The molecule has 6 heteroatoms. The van der Waals surface area contributed by atoms with Crippen LogP contribution in [0.5, 0.6) is 0 Å². The number of esters is 1. The molecule has 0 aromatic carbocycles. The Balaban J connectivity index is 2.16. The van der Waals surface area contributed by atoms with E-state index in [1.54, 1.807) is 13.0 Å². The first-order valence-corrected chi connectivity index (χ1v) is 7.37. The number of likely N-dealkylation sites (tertiary alicyclic amines) is 1.